The topological polar surface area (TPSA) is 79.1 Å². The Balaban J connectivity index is 1.25. The Morgan fingerprint density at radius 3 is 2.62 bits per heavy atom. The Morgan fingerprint density at radius 1 is 0.966 bits per heavy atom. The molecule has 0 radical (unpaired) electrons. The summed E-state index contributed by atoms with van der Waals surface area (Å²) in [6.45, 7) is 1.98. The first-order chi connectivity index (χ1) is 14.3. The van der Waals surface area contributed by atoms with Gasteiger partial charge in [-0.25, -0.2) is 4.98 Å². The first-order valence-electron chi connectivity index (χ1n) is 9.23. The van der Waals surface area contributed by atoms with Crippen molar-refractivity contribution in [3.05, 3.63) is 78.4 Å². The lowest BCUT2D eigenvalue weighted by Crippen LogP contribution is -2.09. The van der Waals surface area contributed by atoms with Crippen LogP contribution in [0.3, 0.4) is 0 Å². The van der Waals surface area contributed by atoms with Gasteiger partial charge in [-0.1, -0.05) is 41.7 Å². The molecule has 1 aromatic heterocycles. The lowest BCUT2D eigenvalue weighted by molar-refractivity contribution is 0.130. The second-order valence-corrected chi connectivity index (χ2v) is 7.37. The van der Waals surface area contributed by atoms with Gasteiger partial charge >= 0.3 is 0 Å². The van der Waals surface area contributed by atoms with E-state index in [1.54, 1.807) is 18.2 Å². The molecule has 29 heavy (non-hydrogen) atoms. The van der Waals surface area contributed by atoms with Crippen LogP contribution in [-0.2, 0) is 11.3 Å². The Bertz CT molecular complexity index is 1090. The van der Waals surface area contributed by atoms with E-state index in [4.69, 9.17) is 4.74 Å². The van der Waals surface area contributed by atoms with Crippen LogP contribution in [0.5, 0.6) is 5.75 Å². The van der Waals surface area contributed by atoms with Crippen molar-refractivity contribution >= 4 is 38.1 Å². The highest BCUT2D eigenvalue weighted by molar-refractivity contribution is 7.21. The maximum Gasteiger partial charge on any atom is 0.231 e. The summed E-state index contributed by atoms with van der Waals surface area (Å²) in [5.74, 6) is 0.221. The number of phenols is 1. The second-order valence-electron chi connectivity index (χ2n) is 6.36. The molecule has 0 amide bonds. The number of aromatic nitrogens is 1. The number of hydrogen-bond acceptors (Lipinski definition) is 7. The number of ether oxygens (including phenoxy) is 1. The average molecular weight is 404 g/mol. The first kappa shape index (κ1) is 19.0. The van der Waals surface area contributed by atoms with E-state index in [-0.39, 0.29) is 5.75 Å². The molecule has 0 atom stereocenters. The summed E-state index contributed by atoms with van der Waals surface area (Å²) >= 11 is 1.39. The lowest BCUT2D eigenvalue weighted by Gasteiger charge is -2.07. The Labute approximate surface area is 172 Å². The van der Waals surface area contributed by atoms with Crippen LogP contribution in [0.1, 0.15) is 5.56 Å². The minimum atomic E-state index is 0.221. The fraction of sp³-hybridized carbons (Fsp3) is 0.136. The number of rotatable bonds is 8. The van der Waals surface area contributed by atoms with Gasteiger partial charge in [0.2, 0.25) is 5.13 Å². The third kappa shape index (κ3) is 5.37. The number of benzene rings is 3. The minimum absolute atomic E-state index is 0.221. The summed E-state index contributed by atoms with van der Waals surface area (Å²) in [7, 11) is 0. The lowest BCUT2D eigenvalue weighted by atomic mass is 10.2. The third-order valence-electron chi connectivity index (χ3n) is 4.17. The van der Waals surface area contributed by atoms with Crippen LogP contribution < -0.4 is 5.32 Å². The monoisotopic (exact) mass is 404 g/mol. The van der Waals surface area contributed by atoms with Crippen molar-refractivity contribution < 1.29 is 9.84 Å². The molecule has 2 N–H and O–H groups in total. The normalized spacial score (nSPS) is 11.3. The van der Waals surface area contributed by atoms with Gasteiger partial charge in [-0.05, 0) is 48.0 Å². The molecule has 0 unspecified atom stereocenters. The van der Waals surface area contributed by atoms with E-state index >= 15 is 0 Å². The van der Waals surface area contributed by atoms with E-state index in [1.807, 2.05) is 42.5 Å². The molecule has 0 aliphatic rings. The summed E-state index contributed by atoms with van der Waals surface area (Å²) in [5, 5.41) is 21.8. The predicted octanol–water partition coefficient (Wildman–Crippen LogP) is 6.05. The molecule has 0 saturated heterocycles. The fourth-order valence-electron chi connectivity index (χ4n) is 2.72. The van der Waals surface area contributed by atoms with E-state index in [0.717, 1.165) is 28.1 Å². The van der Waals surface area contributed by atoms with Crippen LogP contribution >= 0.6 is 11.3 Å². The van der Waals surface area contributed by atoms with Gasteiger partial charge in [0.15, 0.2) is 0 Å². The number of hydrogen-bond donors (Lipinski definition) is 2. The standard InChI is InChI=1S/C22H20N4O2S/c27-19-10-11-20-21(14-19)29-22(24-20)26-25-18-8-6-17(7-9-18)23-12-13-28-15-16-4-2-1-3-5-16/h1-11,14,23,27H,12-13,15H2/b26-25+. The zero-order chi connectivity index (χ0) is 19.9. The number of nitrogens with zero attached hydrogens (tertiary/aromatic N) is 3. The smallest absolute Gasteiger partial charge is 0.231 e. The molecule has 6 nitrogen and oxygen atoms in total. The maximum absolute atomic E-state index is 9.53. The number of anilines is 1. The fourth-order valence-corrected chi connectivity index (χ4v) is 3.54. The molecule has 0 saturated carbocycles. The number of phenolic OH excluding ortho intramolecular Hbond substituents is 1. The van der Waals surface area contributed by atoms with Gasteiger partial charge in [-0.3, -0.25) is 0 Å². The summed E-state index contributed by atoms with van der Waals surface area (Å²) in [5.41, 5.74) is 3.73. The van der Waals surface area contributed by atoms with Crippen molar-refractivity contribution in [2.75, 3.05) is 18.5 Å². The first-order valence-corrected chi connectivity index (χ1v) is 10.0. The van der Waals surface area contributed by atoms with Crippen LogP contribution in [0.25, 0.3) is 10.2 Å². The number of aromatic hydroxyl groups is 1. The second kappa shape index (κ2) is 9.27. The van der Waals surface area contributed by atoms with E-state index in [9.17, 15) is 5.11 Å². The molecule has 3 aromatic carbocycles. The number of fused-ring (bicyclic) bond motifs is 1. The molecule has 0 aliphatic heterocycles. The molecule has 7 heteroatoms. The van der Waals surface area contributed by atoms with Crippen molar-refractivity contribution in [3.63, 3.8) is 0 Å². The highest BCUT2D eigenvalue weighted by Gasteiger charge is 2.03. The van der Waals surface area contributed by atoms with E-state index in [2.05, 4.69) is 32.7 Å². The quantitative estimate of drug-likeness (QED) is 0.277. The van der Waals surface area contributed by atoms with Crippen LogP contribution in [0.2, 0.25) is 0 Å². The molecule has 0 aliphatic carbocycles. The zero-order valence-electron chi connectivity index (χ0n) is 15.7. The summed E-state index contributed by atoms with van der Waals surface area (Å²) in [6.07, 6.45) is 0. The molecule has 1 heterocycles. The van der Waals surface area contributed by atoms with Crippen LogP contribution in [0.4, 0.5) is 16.5 Å². The minimum Gasteiger partial charge on any atom is -0.508 e. The van der Waals surface area contributed by atoms with Crippen LogP contribution in [-0.4, -0.2) is 23.2 Å². The highest BCUT2D eigenvalue weighted by Crippen LogP contribution is 2.31. The van der Waals surface area contributed by atoms with E-state index < -0.39 is 0 Å². The zero-order valence-corrected chi connectivity index (χ0v) is 16.5. The van der Waals surface area contributed by atoms with Crippen LogP contribution in [0.15, 0.2) is 83.0 Å². The van der Waals surface area contributed by atoms with Crippen molar-refractivity contribution in [3.8, 4) is 5.75 Å². The Morgan fingerprint density at radius 2 is 1.79 bits per heavy atom. The molecule has 4 aromatic rings. The van der Waals surface area contributed by atoms with Crippen LogP contribution in [0, 0.1) is 0 Å². The summed E-state index contributed by atoms with van der Waals surface area (Å²) in [6, 6.07) is 22.9. The van der Waals surface area contributed by atoms with Gasteiger partial charge in [0, 0.05) is 12.2 Å². The van der Waals surface area contributed by atoms with Gasteiger partial charge < -0.3 is 15.2 Å². The summed E-state index contributed by atoms with van der Waals surface area (Å²) < 4.78 is 6.55. The largest absolute Gasteiger partial charge is 0.508 e. The molecule has 0 spiro atoms. The molecule has 146 valence electrons. The molecule has 0 fully saturated rings. The SMILES string of the molecule is Oc1ccc2nc(/N=N/c3ccc(NCCOCc4ccccc4)cc3)sc2c1. The Kier molecular flexibility index (Phi) is 6.09. The number of nitrogens with one attached hydrogen (secondary N) is 1. The molecular formula is C22H20N4O2S. The predicted molar refractivity (Wildman–Crippen MR) is 116 cm³/mol. The van der Waals surface area contributed by atoms with E-state index in [0.29, 0.717) is 18.3 Å². The highest BCUT2D eigenvalue weighted by atomic mass is 32.1. The van der Waals surface area contributed by atoms with Crippen molar-refractivity contribution in [2.24, 2.45) is 10.2 Å². The number of thiazole rings is 1. The molecular weight excluding hydrogens is 384 g/mol. The molecule has 0 bridgehead atoms. The molecule has 4 rings (SSSR count). The van der Waals surface area contributed by atoms with Gasteiger partial charge in [0.1, 0.15) is 5.75 Å². The van der Waals surface area contributed by atoms with Gasteiger partial charge in [-0.2, -0.15) is 0 Å². The third-order valence-corrected chi connectivity index (χ3v) is 5.07. The van der Waals surface area contributed by atoms with Gasteiger partial charge in [0.25, 0.3) is 0 Å². The Hall–Kier alpha value is -3.29. The van der Waals surface area contributed by atoms with Gasteiger partial charge in [0.05, 0.1) is 29.1 Å². The van der Waals surface area contributed by atoms with Crippen molar-refractivity contribution in [2.45, 2.75) is 6.61 Å². The average Bonchev–Trinajstić information content (AvgIpc) is 3.15. The van der Waals surface area contributed by atoms with Crippen molar-refractivity contribution in [1.82, 2.24) is 4.98 Å². The van der Waals surface area contributed by atoms with E-state index in [1.165, 1.54) is 16.9 Å². The van der Waals surface area contributed by atoms with Gasteiger partial charge in [-0.15, -0.1) is 10.2 Å². The summed E-state index contributed by atoms with van der Waals surface area (Å²) in [4.78, 5) is 4.39. The number of azo groups is 1. The maximum atomic E-state index is 9.53. The van der Waals surface area contributed by atoms with Crippen molar-refractivity contribution in [1.29, 1.82) is 0 Å².